The summed E-state index contributed by atoms with van der Waals surface area (Å²) in [6.07, 6.45) is 0. The van der Waals surface area contributed by atoms with Gasteiger partial charge in [-0.3, -0.25) is 24.3 Å². The molecule has 1 amide bonds. The minimum absolute atomic E-state index is 0.115. The fraction of sp³-hybridized carbons (Fsp3) is 0.176. The molecule has 148 valence electrons. The fourth-order valence-electron chi connectivity index (χ4n) is 2.55. The molecule has 3 aromatic heterocycles. The zero-order valence-corrected chi connectivity index (χ0v) is 17.6. The molecule has 1 aromatic carbocycles. The van der Waals surface area contributed by atoms with E-state index in [-0.39, 0.29) is 17.2 Å². The van der Waals surface area contributed by atoms with Crippen LogP contribution in [0.4, 0.5) is 5.13 Å². The minimum Gasteiger partial charge on any atom is -0.300 e. The summed E-state index contributed by atoms with van der Waals surface area (Å²) in [5.41, 5.74) is 1.24. The number of rotatable bonds is 7. The number of thioether (sulfide) groups is 2. The number of amides is 1. The van der Waals surface area contributed by atoms with Crippen LogP contribution in [-0.4, -0.2) is 47.2 Å². The number of carbonyl (C=O) groups is 1. The predicted octanol–water partition coefficient (Wildman–Crippen LogP) is 2.78. The van der Waals surface area contributed by atoms with Crippen LogP contribution in [0.5, 0.6) is 0 Å². The van der Waals surface area contributed by atoms with Crippen molar-refractivity contribution in [3.63, 3.8) is 0 Å². The van der Waals surface area contributed by atoms with E-state index in [4.69, 9.17) is 0 Å². The molecule has 12 heteroatoms. The lowest BCUT2D eigenvalue weighted by Gasteiger charge is -2.07. The molecule has 0 saturated carbocycles. The Labute approximate surface area is 177 Å². The van der Waals surface area contributed by atoms with Crippen LogP contribution < -0.4 is 10.9 Å². The highest BCUT2D eigenvalue weighted by Gasteiger charge is 2.15. The SMILES string of the molecule is CCSc1nnc(NC(=O)CSc2nnc3[nH]c(=O)cc(-c4ccccc4)n23)s1. The average molecular weight is 446 g/mol. The summed E-state index contributed by atoms with van der Waals surface area (Å²) in [7, 11) is 0. The Bertz CT molecular complexity index is 1200. The first-order valence-corrected chi connectivity index (χ1v) is 11.4. The molecule has 0 radical (unpaired) electrons. The average Bonchev–Trinajstić information content (AvgIpc) is 3.33. The van der Waals surface area contributed by atoms with Crippen molar-refractivity contribution in [2.45, 2.75) is 16.4 Å². The summed E-state index contributed by atoms with van der Waals surface area (Å²) in [6, 6.07) is 11.0. The predicted molar refractivity (Wildman–Crippen MR) is 115 cm³/mol. The van der Waals surface area contributed by atoms with Gasteiger partial charge in [-0.25, -0.2) is 0 Å². The highest BCUT2D eigenvalue weighted by atomic mass is 32.2. The van der Waals surface area contributed by atoms with E-state index in [9.17, 15) is 9.59 Å². The Balaban J connectivity index is 1.54. The van der Waals surface area contributed by atoms with Crippen LogP contribution in [0.15, 0.2) is 50.7 Å². The third kappa shape index (κ3) is 4.49. The molecule has 29 heavy (non-hydrogen) atoms. The molecule has 0 aliphatic carbocycles. The van der Waals surface area contributed by atoms with E-state index < -0.39 is 0 Å². The molecule has 4 aromatic rings. The number of anilines is 1. The van der Waals surface area contributed by atoms with Crippen molar-refractivity contribution in [1.29, 1.82) is 0 Å². The van der Waals surface area contributed by atoms with Crippen molar-refractivity contribution in [3.05, 3.63) is 46.8 Å². The molecule has 0 aliphatic heterocycles. The summed E-state index contributed by atoms with van der Waals surface area (Å²) in [5.74, 6) is 1.11. The number of aromatic amines is 1. The van der Waals surface area contributed by atoms with E-state index in [0.717, 1.165) is 15.7 Å². The maximum atomic E-state index is 12.3. The highest BCUT2D eigenvalue weighted by Crippen LogP contribution is 2.26. The van der Waals surface area contributed by atoms with E-state index >= 15 is 0 Å². The zero-order chi connectivity index (χ0) is 20.2. The second kappa shape index (κ2) is 8.76. The van der Waals surface area contributed by atoms with E-state index in [1.54, 1.807) is 16.2 Å². The number of carbonyl (C=O) groups excluding carboxylic acids is 1. The third-order valence-electron chi connectivity index (χ3n) is 3.70. The molecule has 0 fully saturated rings. The Morgan fingerprint density at radius 3 is 2.79 bits per heavy atom. The maximum absolute atomic E-state index is 12.3. The summed E-state index contributed by atoms with van der Waals surface area (Å²) in [6.45, 7) is 2.03. The monoisotopic (exact) mass is 445 g/mol. The molecule has 3 heterocycles. The standard InChI is InChI=1S/C17H15N7O2S3/c1-2-27-17-23-21-15(29-17)19-13(26)9-28-16-22-20-14-18-12(25)8-11(24(14)16)10-6-4-3-5-7-10/h3-8H,2,9H2,1H3,(H,18,20,25)(H,19,21,26). The minimum atomic E-state index is -0.268. The molecule has 0 atom stereocenters. The maximum Gasteiger partial charge on any atom is 0.252 e. The Hall–Kier alpha value is -2.70. The molecule has 0 spiro atoms. The van der Waals surface area contributed by atoms with Gasteiger partial charge in [0.05, 0.1) is 11.4 Å². The van der Waals surface area contributed by atoms with Crippen molar-refractivity contribution in [2.24, 2.45) is 0 Å². The zero-order valence-electron chi connectivity index (χ0n) is 15.2. The van der Waals surface area contributed by atoms with Crippen LogP contribution in [0.1, 0.15) is 6.92 Å². The Morgan fingerprint density at radius 2 is 2.00 bits per heavy atom. The van der Waals surface area contributed by atoms with Gasteiger partial charge in [0.25, 0.3) is 5.56 Å². The van der Waals surface area contributed by atoms with Gasteiger partial charge in [-0.1, -0.05) is 72.1 Å². The van der Waals surface area contributed by atoms with Gasteiger partial charge in [-0.05, 0) is 11.3 Å². The third-order valence-corrected chi connectivity index (χ3v) is 6.48. The highest BCUT2D eigenvalue weighted by molar-refractivity contribution is 8.01. The normalized spacial score (nSPS) is 11.1. The number of aromatic nitrogens is 6. The summed E-state index contributed by atoms with van der Waals surface area (Å²) in [5, 5.41) is 19.9. The van der Waals surface area contributed by atoms with Crippen LogP contribution >= 0.6 is 34.9 Å². The van der Waals surface area contributed by atoms with E-state index in [2.05, 4.69) is 30.7 Å². The van der Waals surface area contributed by atoms with Crippen molar-refractivity contribution >= 4 is 51.7 Å². The summed E-state index contributed by atoms with van der Waals surface area (Å²) < 4.78 is 2.55. The Kier molecular flexibility index (Phi) is 5.92. The number of nitrogens with zero attached hydrogens (tertiary/aromatic N) is 5. The van der Waals surface area contributed by atoms with Gasteiger partial charge in [0.15, 0.2) is 9.50 Å². The van der Waals surface area contributed by atoms with Gasteiger partial charge in [0.2, 0.25) is 16.8 Å². The number of nitrogens with one attached hydrogen (secondary N) is 2. The topological polar surface area (TPSA) is 118 Å². The number of hydrogen-bond acceptors (Lipinski definition) is 9. The van der Waals surface area contributed by atoms with Crippen LogP contribution in [0.2, 0.25) is 0 Å². The molecule has 0 bridgehead atoms. The van der Waals surface area contributed by atoms with E-state index in [0.29, 0.717) is 21.8 Å². The van der Waals surface area contributed by atoms with Gasteiger partial charge in [-0.2, -0.15) is 0 Å². The van der Waals surface area contributed by atoms with Crippen LogP contribution in [0.3, 0.4) is 0 Å². The number of H-pyrrole nitrogens is 1. The lowest BCUT2D eigenvalue weighted by Crippen LogP contribution is -2.14. The van der Waals surface area contributed by atoms with Crippen LogP contribution in [0, 0.1) is 0 Å². The quantitative estimate of drug-likeness (QED) is 0.329. The molecule has 0 unspecified atom stereocenters. The number of hydrogen-bond donors (Lipinski definition) is 2. The van der Waals surface area contributed by atoms with Gasteiger partial charge in [-0.15, -0.1) is 20.4 Å². The molecule has 0 saturated heterocycles. The number of benzene rings is 1. The van der Waals surface area contributed by atoms with Gasteiger partial charge in [0, 0.05) is 6.07 Å². The largest absolute Gasteiger partial charge is 0.300 e. The smallest absolute Gasteiger partial charge is 0.252 e. The lowest BCUT2D eigenvalue weighted by atomic mass is 10.1. The summed E-state index contributed by atoms with van der Waals surface area (Å²) >= 11 is 4.14. The van der Waals surface area contributed by atoms with E-state index in [1.165, 1.54) is 29.2 Å². The lowest BCUT2D eigenvalue weighted by molar-refractivity contribution is -0.113. The van der Waals surface area contributed by atoms with Crippen LogP contribution in [0.25, 0.3) is 17.0 Å². The first-order valence-electron chi connectivity index (χ1n) is 8.57. The molecular weight excluding hydrogens is 430 g/mol. The second-order valence-corrected chi connectivity index (χ2v) is 9.10. The first-order chi connectivity index (χ1) is 14.1. The van der Waals surface area contributed by atoms with Crippen LogP contribution in [-0.2, 0) is 4.79 Å². The van der Waals surface area contributed by atoms with Crippen molar-refractivity contribution in [3.8, 4) is 11.3 Å². The molecule has 4 rings (SSSR count). The molecule has 2 N–H and O–H groups in total. The molecular formula is C17H15N7O2S3. The van der Waals surface area contributed by atoms with E-state index in [1.807, 2.05) is 37.3 Å². The molecule has 0 aliphatic rings. The van der Waals surface area contributed by atoms with Crippen molar-refractivity contribution in [1.82, 2.24) is 29.8 Å². The first kappa shape index (κ1) is 19.6. The van der Waals surface area contributed by atoms with Crippen molar-refractivity contribution in [2.75, 3.05) is 16.8 Å². The van der Waals surface area contributed by atoms with Crippen molar-refractivity contribution < 1.29 is 4.79 Å². The van der Waals surface area contributed by atoms with Gasteiger partial charge < -0.3 is 0 Å². The fourth-order valence-corrected chi connectivity index (χ4v) is 4.96. The van der Waals surface area contributed by atoms with Gasteiger partial charge in [0.1, 0.15) is 0 Å². The van der Waals surface area contributed by atoms with Gasteiger partial charge >= 0.3 is 0 Å². The number of fused-ring (bicyclic) bond motifs is 1. The second-order valence-electron chi connectivity index (χ2n) is 5.67. The summed E-state index contributed by atoms with van der Waals surface area (Å²) in [4.78, 5) is 27.0. The Morgan fingerprint density at radius 1 is 1.17 bits per heavy atom. The molecule has 9 nitrogen and oxygen atoms in total.